The number of aliphatic hydroxyl groups excluding tert-OH is 1. The van der Waals surface area contributed by atoms with Crippen LogP contribution in [0.15, 0.2) is 0 Å². The highest BCUT2D eigenvalue weighted by atomic mass is 31.2. The molecule has 0 rings (SSSR count). The fraction of sp³-hybridized carbons (Fsp3) is 0.945. The molecule has 0 amide bonds. The van der Waals surface area contributed by atoms with E-state index in [-0.39, 0.29) is 25.7 Å². The molecule has 0 spiro atoms. The second-order valence-electron chi connectivity index (χ2n) is 28.0. The quantitative estimate of drug-likeness (QED) is 0.0222. The molecule has 0 aromatic rings. The molecule has 0 heterocycles. The summed E-state index contributed by atoms with van der Waals surface area (Å²) in [7, 11) is -9.91. The van der Waals surface area contributed by atoms with Crippen molar-refractivity contribution in [2.24, 2.45) is 23.7 Å². The number of phosphoric acid groups is 2. The van der Waals surface area contributed by atoms with Crippen molar-refractivity contribution < 1.29 is 80.2 Å². The van der Waals surface area contributed by atoms with E-state index in [4.69, 9.17) is 37.0 Å². The minimum atomic E-state index is -4.95. The standard InChI is InChI=1S/C73H142O17P2/c1-9-66(8)52-44-36-27-21-18-19-23-29-40-48-56-73(78)89-68(59-83-70(75)53-45-37-30-24-26-34-42-50-64(4)5)61-87-91(79,80)85-57-67(74)58-86-92(81,82)88-62-69(60-84-71(76)54-46-38-32-31-35-43-51-65(6)7)90-72(77)55-47-39-28-22-17-15-13-11-10-12-14-16-20-25-33-41-49-63(2)3/h63-69,74H,9-62H2,1-8H3,(H,79,80)(H,81,82)/t66?,67?,68-,69-/m1/s1. The number of hydrogen-bond donors (Lipinski definition) is 3. The SMILES string of the molecule is CCC(C)CCCCCCCCCCCCC(=O)O[C@H](COC(=O)CCCCCCCCCC(C)C)COP(=O)(O)OCC(O)COP(=O)(O)OC[C@@H](COC(=O)CCCCCCCCC(C)C)OC(=O)CCCCCCCCCCCCCCCCCCC(C)C. The van der Waals surface area contributed by atoms with Crippen LogP contribution in [0.2, 0.25) is 0 Å². The van der Waals surface area contributed by atoms with Crippen molar-refractivity contribution in [2.45, 2.75) is 382 Å². The predicted molar refractivity (Wildman–Crippen MR) is 372 cm³/mol. The number of esters is 4. The van der Waals surface area contributed by atoms with Crippen LogP contribution in [0.5, 0.6) is 0 Å². The molecule has 0 fully saturated rings. The van der Waals surface area contributed by atoms with Crippen LogP contribution in [0, 0.1) is 23.7 Å². The molecule has 0 saturated carbocycles. The first-order valence-electron chi connectivity index (χ1n) is 37.7. The monoisotopic (exact) mass is 1350 g/mol. The summed E-state index contributed by atoms with van der Waals surface area (Å²) in [6, 6.07) is 0. The summed E-state index contributed by atoms with van der Waals surface area (Å²) in [4.78, 5) is 72.6. The zero-order valence-corrected chi connectivity index (χ0v) is 62.0. The molecule has 0 aliphatic rings. The molecule has 92 heavy (non-hydrogen) atoms. The number of aliphatic hydroxyl groups is 1. The Balaban J connectivity index is 5.20. The van der Waals surface area contributed by atoms with Crippen LogP contribution in [0.25, 0.3) is 0 Å². The maximum atomic E-state index is 13.0. The van der Waals surface area contributed by atoms with Crippen LogP contribution in [0.3, 0.4) is 0 Å². The summed E-state index contributed by atoms with van der Waals surface area (Å²) < 4.78 is 68.3. The normalized spacial score (nSPS) is 14.5. The molecule has 3 N–H and O–H groups in total. The van der Waals surface area contributed by atoms with Gasteiger partial charge < -0.3 is 33.8 Å². The number of phosphoric ester groups is 2. The van der Waals surface area contributed by atoms with E-state index in [0.29, 0.717) is 37.5 Å². The largest absolute Gasteiger partial charge is 0.472 e. The van der Waals surface area contributed by atoms with E-state index in [1.807, 2.05) is 0 Å². The minimum absolute atomic E-state index is 0.105. The third-order valence-electron chi connectivity index (χ3n) is 17.2. The van der Waals surface area contributed by atoms with E-state index in [9.17, 15) is 43.2 Å². The molecule has 546 valence electrons. The van der Waals surface area contributed by atoms with Gasteiger partial charge in [-0.25, -0.2) is 9.13 Å². The highest BCUT2D eigenvalue weighted by Crippen LogP contribution is 2.45. The molecule has 0 aromatic heterocycles. The summed E-state index contributed by atoms with van der Waals surface area (Å²) in [5.41, 5.74) is 0. The fourth-order valence-electron chi connectivity index (χ4n) is 11.0. The van der Waals surface area contributed by atoms with E-state index in [0.717, 1.165) is 115 Å². The van der Waals surface area contributed by atoms with Gasteiger partial charge in [-0.1, -0.05) is 312 Å². The molecule has 0 radical (unpaired) electrons. The number of ether oxygens (including phenoxy) is 4. The second kappa shape index (κ2) is 62.6. The van der Waals surface area contributed by atoms with Gasteiger partial charge in [0.1, 0.15) is 19.3 Å². The van der Waals surface area contributed by atoms with E-state index < -0.39 is 97.5 Å². The molecule has 4 unspecified atom stereocenters. The van der Waals surface area contributed by atoms with Crippen LogP contribution in [-0.4, -0.2) is 96.7 Å². The molecule has 0 bridgehead atoms. The van der Waals surface area contributed by atoms with Gasteiger partial charge in [-0.3, -0.25) is 37.3 Å². The van der Waals surface area contributed by atoms with E-state index >= 15 is 0 Å². The molecule has 19 heteroatoms. The molecular weight excluding hydrogens is 1210 g/mol. The zero-order chi connectivity index (χ0) is 68.2. The smallest absolute Gasteiger partial charge is 0.462 e. The molecule has 0 aromatic carbocycles. The van der Waals surface area contributed by atoms with Crippen molar-refractivity contribution in [3.63, 3.8) is 0 Å². The lowest BCUT2D eigenvalue weighted by molar-refractivity contribution is -0.161. The van der Waals surface area contributed by atoms with Gasteiger partial charge in [-0.2, -0.15) is 0 Å². The Kier molecular flexibility index (Phi) is 61.3. The van der Waals surface area contributed by atoms with Crippen LogP contribution in [0.4, 0.5) is 0 Å². The Labute approximate surface area is 562 Å². The third kappa shape index (κ3) is 65.4. The number of carbonyl (C=O) groups is 4. The van der Waals surface area contributed by atoms with Crippen LogP contribution < -0.4 is 0 Å². The Morgan fingerprint density at radius 2 is 0.522 bits per heavy atom. The van der Waals surface area contributed by atoms with Crippen molar-refractivity contribution >= 4 is 39.5 Å². The number of unbranched alkanes of at least 4 members (excludes halogenated alkanes) is 35. The molecule has 17 nitrogen and oxygen atoms in total. The van der Waals surface area contributed by atoms with E-state index in [2.05, 4.69) is 55.4 Å². The average Bonchev–Trinajstić information content (AvgIpc) is 1.56. The number of rotatable bonds is 70. The van der Waals surface area contributed by atoms with Gasteiger partial charge >= 0.3 is 39.5 Å². The van der Waals surface area contributed by atoms with Gasteiger partial charge in [-0.05, 0) is 49.4 Å². The van der Waals surface area contributed by atoms with Crippen molar-refractivity contribution in [1.82, 2.24) is 0 Å². The minimum Gasteiger partial charge on any atom is -0.462 e. The average molecular weight is 1350 g/mol. The van der Waals surface area contributed by atoms with Crippen LogP contribution in [0.1, 0.15) is 364 Å². The van der Waals surface area contributed by atoms with Gasteiger partial charge in [0.05, 0.1) is 26.4 Å². The Bertz CT molecular complexity index is 1820. The van der Waals surface area contributed by atoms with Crippen molar-refractivity contribution in [2.75, 3.05) is 39.6 Å². The Morgan fingerprint density at radius 3 is 0.772 bits per heavy atom. The molecule has 0 aliphatic carbocycles. The lowest BCUT2D eigenvalue weighted by Crippen LogP contribution is -2.30. The fourth-order valence-corrected chi connectivity index (χ4v) is 12.6. The van der Waals surface area contributed by atoms with Gasteiger partial charge in [0.15, 0.2) is 12.2 Å². The Morgan fingerprint density at radius 1 is 0.304 bits per heavy atom. The van der Waals surface area contributed by atoms with Crippen molar-refractivity contribution in [1.29, 1.82) is 0 Å². The van der Waals surface area contributed by atoms with Crippen molar-refractivity contribution in [3.05, 3.63) is 0 Å². The maximum Gasteiger partial charge on any atom is 0.472 e. The van der Waals surface area contributed by atoms with E-state index in [1.54, 1.807) is 0 Å². The molecule has 0 aliphatic heterocycles. The number of carbonyl (C=O) groups excluding carboxylic acids is 4. The third-order valence-corrected chi connectivity index (χ3v) is 19.1. The highest BCUT2D eigenvalue weighted by Gasteiger charge is 2.30. The summed E-state index contributed by atoms with van der Waals surface area (Å²) in [6.07, 6.45) is 46.0. The van der Waals surface area contributed by atoms with Crippen LogP contribution >= 0.6 is 15.6 Å². The highest BCUT2D eigenvalue weighted by molar-refractivity contribution is 7.47. The van der Waals surface area contributed by atoms with E-state index in [1.165, 1.54) is 154 Å². The molecular formula is C73H142O17P2. The summed E-state index contributed by atoms with van der Waals surface area (Å²) in [6.45, 7) is 14.1. The second-order valence-corrected chi connectivity index (χ2v) is 30.9. The lowest BCUT2D eigenvalue weighted by atomic mass is 9.99. The van der Waals surface area contributed by atoms with Gasteiger partial charge in [0.25, 0.3) is 0 Å². The van der Waals surface area contributed by atoms with Crippen molar-refractivity contribution in [3.8, 4) is 0 Å². The zero-order valence-electron chi connectivity index (χ0n) is 60.2. The molecule has 0 saturated heterocycles. The summed E-state index contributed by atoms with van der Waals surface area (Å²) in [5.74, 6) is 0.868. The van der Waals surface area contributed by atoms with Crippen LogP contribution in [-0.2, 0) is 65.4 Å². The lowest BCUT2D eigenvalue weighted by Gasteiger charge is -2.21. The van der Waals surface area contributed by atoms with Gasteiger partial charge in [0, 0.05) is 25.7 Å². The topological polar surface area (TPSA) is 237 Å². The first kappa shape index (κ1) is 90.1. The summed E-state index contributed by atoms with van der Waals surface area (Å²) >= 11 is 0. The molecule has 6 atom stereocenters. The first-order valence-corrected chi connectivity index (χ1v) is 40.7. The number of hydrogen-bond acceptors (Lipinski definition) is 15. The van der Waals surface area contributed by atoms with Gasteiger partial charge in [-0.15, -0.1) is 0 Å². The maximum absolute atomic E-state index is 13.0. The predicted octanol–water partition coefficient (Wildman–Crippen LogP) is 20.9. The first-order chi connectivity index (χ1) is 44.1. The Hall–Kier alpha value is -1.94. The summed E-state index contributed by atoms with van der Waals surface area (Å²) in [5, 5.41) is 10.6. The van der Waals surface area contributed by atoms with Gasteiger partial charge in [0.2, 0.25) is 0 Å².